The van der Waals surface area contributed by atoms with E-state index in [0.29, 0.717) is 18.7 Å². The van der Waals surface area contributed by atoms with E-state index in [4.69, 9.17) is 10.5 Å². The highest BCUT2D eigenvalue weighted by molar-refractivity contribution is 5.49. The molecule has 4 heteroatoms. The summed E-state index contributed by atoms with van der Waals surface area (Å²) in [6.45, 7) is 1.04. The Kier molecular flexibility index (Phi) is 6.41. The fourth-order valence-corrected chi connectivity index (χ4v) is 2.58. The van der Waals surface area contributed by atoms with Gasteiger partial charge in [0.1, 0.15) is 11.6 Å². The average molecular weight is 316 g/mol. The van der Waals surface area contributed by atoms with Crippen molar-refractivity contribution in [2.45, 2.75) is 18.8 Å². The molecule has 0 bridgehead atoms. The van der Waals surface area contributed by atoms with Gasteiger partial charge >= 0.3 is 0 Å². The van der Waals surface area contributed by atoms with Crippen molar-refractivity contribution in [1.82, 2.24) is 0 Å². The smallest absolute Gasteiger partial charge is 0.126 e. The first-order valence-electron chi connectivity index (χ1n) is 7.96. The molecule has 3 nitrogen and oxygen atoms in total. The standard InChI is InChI=1S/C19H25FN2O/c1-22(2)16-8-5-9-17(13-16)23-12-6-7-15(14-21)18-10-3-4-11-19(18)20/h3-5,8-11,13,15H,6-7,12,14,21H2,1-2H3. The molecule has 2 N–H and O–H groups in total. The molecule has 1 atom stereocenters. The summed E-state index contributed by atoms with van der Waals surface area (Å²) in [4.78, 5) is 2.04. The number of hydrogen-bond donors (Lipinski definition) is 1. The van der Waals surface area contributed by atoms with Crippen LogP contribution in [-0.2, 0) is 0 Å². The van der Waals surface area contributed by atoms with Crippen LogP contribution in [0, 0.1) is 5.82 Å². The SMILES string of the molecule is CN(C)c1cccc(OCCCC(CN)c2ccccc2F)c1. The van der Waals surface area contributed by atoms with E-state index in [2.05, 4.69) is 0 Å². The largest absolute Gasteiger partial charge is 0.494 e. The van der Waals surface area contributed by atoms with Crippen molar-refractivity contribution in [3.8, 4) is 5.75 Å². The normalized spacial score (nSPS) is 12.0. The van der Waals surface area contributed by atoms with Crippen LogP contribution in [0.25, 0.3) is 0 Å². The molecule has 2 aromatic rings. The number of nitrogens with two attached hydrogens (primary N) is 1. The van der Waals surface area contributed by atoms with Crippen molar-refractivity contribution in [3.05, 3.63) is 59.9 Å². The summed E-state index contributed by atoms with van der Waals surface area (Å²) < 4.78 is 19.6. The van der Waals surface area contributed by atoms with Crippen LogP contribution in [0.4, 0.5) is 10.1 Å². The maximum atomic E-state index is 13.8. The van der Waals surface area contributed by atoms with E-state index in [1.165, 1.54) is 6.07 Å². The molecule has 0 fully saturated rings. The van der Waals surface area contributed by atoms with Gasteiger partial charge in [-0.05, 0) is 49.1 Å². The molecule has 23 heavy (non-hydrogen) atoms. The van der Waals surface area contributed by atoms with E-state index in [-0.39, 0.29) is 11.7 Å². The Morgan fingerprint density at radius 1 is 1.13 bits per heavy atom. The van der Waals surface area contributed by atoms with Crippen molar-refractivity contribution in [1.29, 1.82) is 0 Å². The predicted molar refractivity (Wildman–Crippen MR) is 93.7 cm³/mol. The fraction of sp³-hybridized carbons (Fsp3) is 0.368. The van der Waals surface area contributed by atoms with Gasteiger partial charge in [0, 0.05) is 25.8 Å². The minimum Gasteiger partial charge on any atom is -0.494 e. The lowest BCUT2D eigenvalue weighted by molar-refractivity contribution is 0.301. The zero-order chi connectivity index (χ0) is 16.7. The first-order valence-corrected chi connectivity index (χ1v) is 7.96. The van der Waals surface area contributed by atoms with E-state index in [0.717, 1.165) is 24.3 Å². The van der Waals surface area contributed by atoms with Crippen LogP contribution in [0.1, 0.15) is 24.3 Å². The molecule has 0 aliphatic heterocycles. The predicted octanol–water partition coefficient (Wildman–Crippen LogP) is 3.79. The molecule has 0 saturated carbocycles. The summed E-state index contributed by atoms with van der Waals surface area (Å²) >= 11 is 0. The van der Waals surface area contributed by atoms with Gasteiger partial charge < -0.3 is 15.4 Å². The van der Waals surface area contributed by atoms with Gasteiger partial charge in [0.2, 0.25) is 0 Å². The van der Waals surface area contributed by atoms with E-state index >= 15 is 0 Å². The molecular weight excluding hydrogens is 291 g/mol. The van der Waals surface area contributed by atoms with Crippen molar-refractivity contribution in [2.75, 3.05) is 32.1 Å². The highest BCUT2D eigenvalue weighted by Gasteiger charge is 2.13. The zero-order valence-electron chi connectivity index (χ0n) is 13.8. The lowest BCUT2D eigenvalue weighted by atomic mass is 9.94. The second-order valence-corrected chi connectivity index (χ2v) is 5.84. The van der Waals surface area contributed by atoms with Crippen LogP contribution in [0.15, 0.2) is 48.5 Å². The summed E-state index contributed by atoms with van der Waals surface area (Å²) in [7, 11) is 4.00. The second kappa shape index (κ2) is 8.53. The first kappa shape index (κ1) is 17.3. The fourth-order valence-electron chi connectivity index (χ4n) is 2.58. The quantitative estimate of drug-likeness (QED) is 0.753. The van der Waals surface area contributed by atoms with Crippen LogP contribution in [0.2, 0.25) is 0 Å². The molecule has 0 aromatic heterocycles. The van der Waals surface area contributed by atoms with Crippen molar-refractivity contribution >= 4 is 5.69 Å². The van der Waals surface area contributed by atoms with Crippen LogP contribution < -0.4 is 15.4 Å². The summed E-state index contributed by atoms with van der Waals surface area (Å²) in [5.41, 5.74) is 7.61. The third-order valence-corrected chi connectivity index (χ3v) is 3.93. The van der Waals surface area contributed by atoms with Crippen LogP contribution in [-0.4, -0.2) is 27.2 Å². The number of nitrogens with zero attached hydrogens (tertiary/aromatic N) is 1. The van der Waals surface area contributed by atoms with Crippen molar-refractivity contribution in [2.24, 2.45) is 5.73 Å². The van der Waals surface area contributed by atoms with Crippen molar-refractivity contribution in [3.63, 3.8) is 0 Å². The Morgan fingerprint density at radius 3 is 2.61 bits per heavy atom. The van der Waals surface area contributed by atoms with Crippen LogP contribution in [0.3, 0.4) is 0 Å². The Balaban J connectivity index is 1.84. The highest BCUT2D eigenvalue weighted by atomic mass is 19.1. The third-order valence-electron chi connectivity index (χ3n) is 3.93. The van der Waals surface area contributed by atoms with Gasteiger partial charge in [0.15, 0.2) is 0 Å². The minimum atomic E-state index is -0.178. The molecule has 0 radical (unpaired) electrons. The number of halogens is 1. The zero-order valence-corrected chi connectivity index (χ0v) is 13.8. The van der Waals surface area contributed by atoms with Gasteiger partial charge in [-0.2, -0.15) is 0 Å². The summed E-state index contributed by atoms with van der Waals surface area (Å²) in [5.74, 6) is 0.710. The highest BCUT2D eigenvalue weighted by Crippen LogP contribution is 2.24. The Bertz CT molecular complexity index is 616. The van der Waals surface area contributed by atoms with Crippen molar-refractivity contribution < 1.29 is 9.13 Å². The second-order valence-electron chi connectivity index (χ2n) is 5.84. The number of rotatable bonds is 8. The lowest BCUT2D eigenvalue weighted by Gasteiger charge is -2.17. The van der Waals surface area contributed by atoms with Gasteiger partial charge in [-0.3, -0.25) is 0 Å². The molecule has 0 aliphatic rings. The summed E-state index contributed by atoms with van der Waals surface area (Å²) in [6.07, 6.45) is 1.65. The van der Waals surface area contributed by atoms with Gasteiger partial charge in [0.05, 0.1) is 6.61 Å². The molecule has 0 amide bonds. The monoisotopic (exact) mass is 316 g/mol. The topological polar surface area (TPSA) is 38.5 Å². The van der Waals surface area contributed by atoms with E-state index in [1.54, 1.807) is 6.07 Å². The summed E-state index contributed by atoms with van der Waals surface area (Å²) in [5, 5.41) is 0. The molecule has 0 spiro atoms. The first-order chi connectivity index (χ1) is 11.1. The molecule has 2 aromatic carbocycles. The maximum absolute atomic E-state index is 13.8. The Morgan fingerprint density at radius 2 is 1.91 bits per heavy atom. The number of anilines is 1. The number of benzene rings is 2. The molecule has 0 saturated heterocycles. The molecule has 1 unspecified atom stereocenters. The van der Waals surface area contributed by atoms with Gasteiger partial charge in [-0.15, -0.1) is 0 Å². The number of ether oxygens (including phenoxy) is 1. The van der Waals surface area contributed by atoms with E-state index < -0.39 is 0 Å². The minimum absolute atomic E-state index is 0.0351. The lowest BCUT2D eigenvalue weighted by Crippen LogP contribution is -2.15. The Labute approximate surface area is 137 Å². The van der Waals surface area contributed by atoms with Gasteiger partial charge in [-0.1, -0.05) is 24.3 Å². The molecule has 124 valence electrons. The average Bonchev–Trinajstić information content (AvgIpc) is 2.56. The maximum Gasteiger partial charge on any atom is 0.126 e. The van der Waals surface area contributed by atoms with Crippen LogP contribution in [0.5, 0.6) is 5.75 Å². The van der Waals surface area contributed by atoms with E-state index in [1.807, 2.05) is 55.4 Å². The molecule has 2 rings (SSSR count). The molecule has 0 heterocycles. The molecule has 0 aliphatic carbocycles. The van der Waals surface area contributed by atoms with Gasteiger partial charge in [0.25, 0.3) is 0 Å². The van der Waals surface area contributed by atoms with Gasteiger partial charge in [-0.25, -0.2) is 4.39 Å². The molecular formula is C19H25FN2O. The van der Waals surface area contributed by atoms with E-state index in [9.17, 15) is 4.39 Å². The summed E-state index contributed by atoms with van der Waals surface area (Å²) in [6, 6.07) is 14.8. The number of hydrogen-bond acceptors (Lipinski definition) is 3. The Hall–Kier alpha value is -2.07. The van der Waals surface area contributed by atoms with Crippen LogP contribution >= 0.6 is 0 Å². The third kappa shape index (κ3) is 4.96.